The normalized spacial score (nSPS) is 12.3. The van der Waals surface area contributed by atoms with Gasteiger partial charge in [-0.15, -0.1) is 0 Å². The number of fused-ring (bicyclic) bond motifs is 2. The van der Waals surface area contributed by atoms with Crippen LogP contribution in [-0.2, 0) is 20.8 Å². The number of halogens is 1. The number of anilines is 1. The molecule has 2 aromatic heterocycles. The Balaban J connectivity index is 0.000000239. The van der Waals surface area contributed by atoms with Gasteiger partial charge in [-0.1, -0.05) is 74.5 Å². The molecule has 360 valence electrons. The van der Waals surface area contributed by atoms with Crippen molar-refractivity contribution in [2.75, 3.05) is 12.4 Å². The Morgan fingerprint density at radius 1 is 0.609 bits per heavy atom. The molecular formula is C53H58BrN7O8. The van der Waals surface area contributed by atoms with Gasteiger partial charge in [0.25, 0.3) is 11.1 Å². The number of para-hydroxylation sites is 2. The number of carbonyl (C=O) groups excluding carboxylic acids is 3. The first kappa shape index (κ1) is 51.1. The van der Waals surface area contributed by atoms with Gasteiger partial charge in [0, 0.05) is 16.7 Å². The summed E-state index contributed by atoms with van der Waals surface area (Å²) >= 11 is 3.46. The van der Waals surface area contributed by atoms with Gasteiger partial charge in [-0.25, -0.2) is 24.4 Å². The molecule has 0 radical (unpaired) electrons. The van der Waals surface area contributed by atoms with E-state index in [-0.39, 0.29) is 11.1 Å². The second-order valence-corrected chi connectivity index (χ2v) is 18.8. The van der Waals surface area contributed by atoms with E-state index in [9.17, 15) is 24.0 Å². The fourth-order valence-corrected chi connectivity index (χ4v) is 7.92. The molecule has 2 heterocycles. The Morgan fingerprint density at radius 2 is 1.06 bits per heavy atom. The molecule has 5 aromatic carbocycles. The zero-order valence-corrected chi connectivity index (χ0v) is 41.8. The number of alkyl carbamates (subject to hydrolysis) is 2. The van der Waals surface area contributed by atoms with Gasteiger partial charge in [-0.05, 0) is 137 Å². The lowest BCUT2D eigenvalue weighted by molar-refractivity contribution is 0.0487. The standard InChI is InChI=1S/C31H34N4O5.C22H24BrN3O3/c1-6-23(34-30(38)40-31(2,3)4)27-33-25-14-10-13-24(26(25)28(36)35(27)22-11-8-7-9-12-22)32-19-20-15-17-21(18-16-20)29(37)39-5;1-5-16(25-21(28)29-22(2,3)4)19-24-17-13-9-12-15(23)18(17)20(27)26(19)14-10-7-6-8-11-14/h7-18,23,32H,6,19H2,1-5H3,(H,34,38);6-13,16H,5H2,1-4H3,(H,25,28)/t23-;16-/m00/s1. The molecule has 69 heavy (non-hydrogen) atoms. The molecule has 0 aliphatic heterocycles. The molecule has 0 fully saturated rings. The van der Waals surface area contributed by atoms with Gasteiger partial charge >= 0.3 is 18.2 Å². The number of hydrogen-bond acceptors (Lipinski definition) is 11. The SMILES string of the molecule is CC[C@H](NC(=O)OC(C)(C)C)c1nc2cccc(Br)c2c(=O)n1-c1ccccc1.CC[C@H](NC(=O)OC(C)(C)C)c1nc2cccc(NCc3ccc(C(=O)OC)cc3)c2c(=O)n1-c1ccccc1. The number of amides is 2. The Kier molecular flexibility index (Phi) is 16.4. The lowest BCUT2D eigenvalue weighted by Crippen LogP contribution is -2.37. The monoisotopic (exact) mass is 999 g/mol. The Bertz CT molecular complexity index is 3060. The first-order valence-electron chi connectivity index (χ1n) is 22.6. The first-order chi connectivity index (χ1) is 32.8. The molecule has 0 saturated carbocycles. The number of benzene rings is 5. The molecule has 0 bridgehead atoms. The number of ether oxygens (including phenoxy) is 3. The molecule has 2 amide bonds. The van der Waals surface area contributed by atoms with Crippen LogP contribution in [0.2, 0.25) is 0 Å². The molecule has 15 nitrogen and oxygen atoms in total. The van der Waals surface area contributed by atoms with E-state index in [1.807, 2.05) is 111 Å². The van der Waals surface area contributed by atoms with Crippen LogP contribution in [-0.4, -0.2) is 55.6 Å². The Morgan fingerprint density at radius 3 is 1.51 bits per heavy atom. The summed E-state index contributed by atoms with van der Waals surface area (Å²) in [6, 6.07) is 35.4. The van der Waals surface area contributed by atoms with E-state index in [4.69, 9.17) is 24.2 Å². The average Bonchev–Trinajstić information content (AvgIpc) is 3.31. The van der Waals surface area contributed by atoms with Crippen molar-refractivity contribution in [2.24, 2.45) is 0 Å². The summed E-state index contributed by atoms with van der Waals surface area (Å²) < 4.78 is 19.4. The minimum absolute atomic E-state index is 0.201. The van der Waals surface area contributed by atoms with Crippen molar-refractivity contribution >= 4 is 61.6 Å². The predicted molar refractivity (Wildman–Crippen MR) is 272 cm³/mol. The molecule has 3 N–H and O–H groups in total. The maximum Gasteiger partial charge on any atom is 0.408 e. The van der Waals surface area contributed by atoms with E-state index in [0.717, 1.165) is 5.56 Å². The molecule has 0 spiro atoms. The highest BCUT2D eigenvalue weighted by molar-refractivity contribution is 9.10. The lowest BCUT2D eigenvalue weighted by atomic mass is 10.1. The molecule has 0 aliphatic rings. The second kappa shape index (κ2) is 22.2. The van der Waals surface area contributed by atoms with Crippen LogP contribution in [0.25, 0.3) is 33.2 Å². The van der Waals surface area contributed by atoms with Crippen LogP contribution in [0.5, 0.6) is 0 Å². The second-order valence-electron chi connectivity index (χ2n) is 18.0. The molecule has 7 aromatic rings. The number of esters is 1. The van der Waals surface area contributed by atoms with E-state index < -0.39 is 41.4 Å². The van der Waals surface area contributed by atoms with Crippen molar-refractivity contribution in [1.29, 1.82) is 0 Å². The molecule has 0 aliphatic carbocycles. The predicted octanol–water partition coefficient (Wildman–Crippen LogP) is 10.9. The summed E-state index contributed by atoms with van der Waals surface area (Å²) in [6.45, 7) is 15.1. The molecule has 0 saturated heterocycles. The van der Waals surface area contributed by atoms with Gasteiger partial charge in [0.15, 0.2) is 0 Å². The van der Waals surface area contributed by atoms with Crippen LogP contribution in [0.4, 0.5) is 15.3 Å². The number of methoxy groups -OCH3 is 1. The lowest BCUT2D eigenvalue weighted by Gasteiger charge is -2.25. The van der Waals surface area contributed by atoms with Crippen LogP contribution >= 0.6 is 15.9 Å². The van der Waals surface area contributed by atoms with E-state index in [0.29, 0.717) is 79.9 Å². The van der Waals surface area contributed by atoms with Crippen molar-refractivity contribution in [3.8, 4) is 11.4 Å². The summed E-state index contributed by atoms with van der Waals surface area (Å²) in [5, 5.41) is 10.0. The summed E-state index contributed by atoms with van der Waals surface area (Å²) in [4.78, 5) is 74.1. The summed E-state index contributed by atoms with van der Waals surface area (Å²) in [6.07, 6.45) is -0.101. The fraction of sp³-hybridized carbons (Fsp3) is 0.302. The van der Waals surface area contributed by atoms with Crippen molar-refractivity contribution in [1.82, 2.24) is 29.7 Å². The van der Waals surface area contributed by atoms with Crippen molar-refractivity contribution in [3.05, 3.63) is 169 Å². The van der Waals surface area contributed by atoms with Gasteiger partial charge in [-0.2, -0.15) is 0 Å². The minimum atomic E-state index is -0.668. The van der Waals surface area contributed by atoms with Crippen molar-refractivity contribution in [3.63, 3.8) is 0 Å². The zero-order valence-electron chi connectivity index (χ0n) is 40.3. The highest BCUT2D eigenvalue weighted by Gasteiger charge is 2.27. The topological polar surface area (TPSA) is 185 Å². The zero-order chi connectivity index (χ0) is 50.0. The summed E-state index contributed by atoms with van der Waals surface area (Å²) in [5.41, 5.74) is 2.64. The maximum atomic E-state index is 14.2. The van der Waals surface area contributed by atoms with Crippen molar-refractivity contribution in [2.45, 2.75) is 98.1 Å². The number of rotatable bonds is 12. The Hall–Kier alpha value is -7.33. The quantitative estimate of drug-likeness (QED) is 0.0782. The van der Waals surface area contributed by atoms with Gasteiger partial charge < -0.3 is 30.2 Å². The Labute approximate surface area is 409 Å². The molecule has 16 heteroatoms. The largest absolute Gasteiger partial charge is 0.465 e. The number of aromatic nitrogens is 4. The first-order valence-corrected chi connectivity index (χ1v) is 23.4. The number of hydrogen-bond donors (Lipinski definition) is 3. The van der Waals surface area contributed by atoms with Crippen LogP contribution in [0.1, 0.15) is 108 Å². The third-order valence-electron chi connectivity index (χ3n) is 10.5. The third kappa shape index (κ3) is 12.8. The van der Waals surface area contributed by atoms with E-state index >= 15 is 0 Å². The van der Waals surface area contributed by atoms with Gasteiger partial charge in [0.2, 0.25) is 0 Å². The summed E-state index contributed by atoms with van der Waals surface area (Å²) in [5.74, 6) is 0.469. The summed E-state index contributed by atoms with van der Waals surface area (Å²) in [7, 11) is 1.34. The van der Waals surface area contributed by atoms with Gasteiger partial charge in [-0.3, -0.25) is 18.7 Å². The minimum Gasteiger partial charge on any atom is -0.465 e. The maximum absolute atomic E-state index is 14.2. The highest BCUT2D eigenvalue weighted by Crippen LogP contribution is 2.27. The van der Waals surface area contributed by atoms with Crippen LogP contribution in [0.15, 0.2) is 135 Å². The van der Waals surface area contributed by atoms with Crippen LogP contribution in [0.3, 0.4) is 0 Å². The van der Waals surface area contributed by atoms with Crippen LogP contribution < -0.4 is 27.1 Å². The highest BCUT2D eigenvalue weighted by atomic mass is 79.9. The molecule has 7 rings (SSSR count). The van der Waals surface area contributed by atoms with Gasteiger partial charge in [0.1, 0.15) is 22.9 Å². The number of carbonyl (C=O) groups is 3. The van der Waals surface area contributed by atoms with Crippen LogP contribution in [0, 0.1) is 0 Å². The van der Waals surface area contributed by atoms with Gasteiger partial charge in [0.05, 0.1) is 57.9 Å². The molecule has 0 unspecified atom stereocenters. The molecule has 2 atom stereocenters. The average molecular weight is 1000 g/mol. The van der Waals surface area contributed by atoms with E-state index in [1.165, 1.54) is 7.11 Å². The number of nitrogens with zero attached hydrogens (tertiary/aromatic N) is 4. The third-order valence-corrected chi connectivity index (χ3v) is 11.2. The molecular weight excluding hydrogens is 943 g/mol. The van der Waals surface area contributed by atoms with Crippen molar-refractivity contribution < 1.29 is 28.6 Å². The van der Waals surface area contributed by atoms with E-state index in [2.05, 4.69) is 31.9 Å². The smallest absolute Gasteiger partial charge is 0.408 e. The fourth-order valence-electron chi connectivity index (χ4n) is 7.39. The van der Waals surface area contributed by atoms with E-state index in [1.54, 1.807) is 74.9 Å². The number of nitrogens with one attached hydrogen (secondary N) is 3.